The molecular formula is C29H32N2O4S. The van der Waals surface area contributed by atoms with Gasteiger partial charge >= 0.3 is 0 Å². The van der Waals surface area contributed by atoms with Crippen LogP contribution in [0.3, 0.4) is 0 Å². The van der Waals surface area contributed by atoms with Crippen molar-refractivity contribution < 1.29 is 17.6 Å². The monoisotopic (exact) mass is 504 g/mol. The number of amides is 1. The molecule has 0 spiro atoms. The van der Waals surface area contributed by atoms with Crippen LogP contribution in [0.15, 0.2) is 71.1 Å². The normalized spacial score (nSPS) is 11.7. The van der Waals surface area contributed by atoms with Crippen LogP contribution >= 0.6 is 0 Å². The van der Waals surface area contributed by atoms with E-state index in [1.165, 1.54) is 10.6 Å². The summed E-state index contributed by atoms with van der Waals surface area (Å²) in [7, 11) is -1.99. The van der Waals surface area contributed by atoms with E-state index in [4.69, 9.17) is 4.42 Å². The fourth-order valence-electron chi connectivity index (χ4n) is 4.29. The summed E-state index contributed by atoms with van der Waals surface area (Å²) in [5, 5.41) is 3.36. The Morgan fingerprint density at radius 2 is 1.67 bits per heavy atom. The van der Waals surface area contributed by atoms with Crippen molar-refractivity contribution in [1.82, 2.24) is 5.32 Å². The van der Waals surface area contributed by atoms with Crippen molar-refractivity contribution in [2.45, 2.75) is 27.2 Å². The lowest BCUT2D eigenvalue weighted by molar-refractivity contribution is 0.0964. The Balaban J connectivity index is 2.05. The standard InChI is InChI=1S/C29H32N2O4S/c1-19(2)15-16-31(36(5,33)34)25-18-26-24(17-23(25)21-9-7-6-8-10-21)27(29(32)30-4)28(35-26)22-13-11-20(3)12-14-22/h6-14,17-19H,15-16H2,1-5H3,(H,30,32). The molecule has 36 heavy (non-hydrogen) atoms. The molecule has 3 aromatic carbocycles. The van der Waals surface area contributed by atoms with Crippen LogP contribution in [0, 0.1) is 12.8 Å². The third-order valence-electron chi connectivity index (χ3n) is 6.24. The number of nitrogens with zero attached hydrogens (tertiary/aromatic N) is 1. The van der Waals surface area contributed by atoms with Crippen molar-refractivity contribution in [2.75, 3.05) is 24.2 Å². The van der Waals surface area contributed by atoms with Crippen LogP contribution in [-0.4, -0.2) is 34.2 Å². The molecular weight excluding hydrogens is 472 g/mol. The van der Waals surface area contributed by atoms with E-state index >= 15 is 0 Å². The third kappa shape index (κ3) is 5.16. The maximum atomic E-state index is 13.1. The third-order valence-corrected chi connectivity index (χ3v) is 7.42. The van der Waals surface area contributed by atoms with Gasteiger partial charge in [0.25, 0.3) is 5.91 Å². The quantitative estimate of drug-likeness (QED) is 0.308. The highest BCUT2D eigenvalue weighted by atomic mass is 32.2. The van der Waals surface area contributed by atoms with E-state index in [0.29, 0.717) is 46.9 Å². The number of furan rings is 1. The van der Waals surface area contributed by atoms with Gasteiger partial charge in [-0.05, 0) is 30.9 Å². The van der Waals surface area contributed by atoms with Crippen molar-refractivity contribution in [2.24, 2.45) is 5.92 Å². The highest BCUT2D eigenvalue weighted by molar-refractivity contribution is 7.92. The molecule has 188 valence electrons. The first-order valence-corrected chi connectivity index (χ1v) is 13.9. The van der Waals surface area contributed by atoms with E-state index in [0.717, 1.165) is 22.3 Å². The van der Waals surface area contributed by atoms with Crippen molar-refractivity contribution in [1.29, 1.82) is 0 Å². The Labute approximate surface area is 213 Å². The summed E-state index contributed by atoms with van der Waals surface area (Å²) in [6, 6.07) is 21.0. The molecule has 0 unspecified atom stereocenters. The number of hydrogen-bond acceptors (Lipinski definition) is 4. The predicted molar refractivity (Wildman–Crippen MR) is 147 cm³/mol. The largest absolute Gasteiger partial charge is 0.455 e. The van der Waals surface area contributed by atoms with E-state index < -0.39 is 10.0 Å². The Morgan fingerprint density at radius 3 is 2.25 bits per heavy atom. The smallest absolute Gasteiger partial charge is 0.255 e. The van der Waals surface area contributed by atoms with Gasteiger partial charge in [-0.3, -0.25) is 9.10 Å². The van der Waals surface area contributed by atoms with Crippen LogP contribution in [0.4, 0.5) is 5.69 Å². The minimum atomic E-state index is -3.58. The molecule has 1 aromatic heterocycles. The van der Waals surface area contributed by atoms with Crippen LogP contribution in [-0.2, 0) is 10.0 Å². The summed E-state index contributed by atoms with van der Waals surface area (Å²) in [5.74, 6) is 0.513. The summed E-state index contributed by atoms with van der Waals surface area (Å²) in [4.78, 5) is 13.1. The molecule has 0 atom stereocenters. The van der Waals surface area contributed by atoms with E-state index in [1.54, 1.807) is 13.1 Å². The molecule has 1 N–H and O–H groups in total. The maximum Gasteiger partial charge on any atom is 0.255 e. The zero-order valence-electron chi connectivity index (χ0n) is 21.3. The van der Waals surface area contributed by atoms with Gasteiger partial charge in [0.05, 0.1) is 17.5 Å². The minimum Gasteiger partial charge on any atom is -0.455 e. The molecule has 0 aliphatic rings. The molecule has 4 aromatic rings. The number of rotatable bonds is 8. The van der Waals surface area contributed by atoms with Gasteiger partial charge in [-0.2, -0.15) is 0 Å². The molecule has 1 amide bonds. The number of hydrogen-bond donors (Lipinski definition) is 1. The molecule has 0 bridgehead atoms. The van der Waals surface area contributed by atoms with Gasteiger partial charge in [0.15, 0.2) is 0 Å². The number of sulfonamides is 1. The second-order valence-corrected chi connectivity index (χ2v) is 11.4. The molecule has 0 aliphatic heterocycles. The van der Waals surface area contributed by atoms with Gasteiger partial charge in [0, 0.05) is 36.2 Å². The lowest BCUT2D eigenvalue weighted by Gasteiger charge is -2.26. The zero-order chi connectivity index (χ0) is 26.0. The molecule has 4 rings (SSSR count). The molecule has 1 heterocycles. The van der Waals surface area contributed by atoms with Gasteiger partial charge in [-0.15, -0.1) is 0 Å². The van der Waals surface area contributed by atoms with E-state index in [9.17, 15) is 13.2 Å². The number of anilines is 1. The topological polar surface area (TPSA) is 79.6 Å². The first-order valence-electron chi connectivity index (χ1n) is 12.0. The molecule has 0 saturated heterocycles. The molecule has 0 fully saturated rings. The predicted octanol–water partition coefficient (Wildman–Crippen LogP) is 6.25. The molecule has 7 heteroatoms. The Kier molecular flexibility index (Phi) is 7.22. The average molecular weight is 505 g/mol. The molecule has 0 saturated carbocycles. The Hall–Kier alpha value is -3.58. The van der Waals surface area contributed by atoms with Crippen LogP contribution in [0.25, 0.3) is 33.4 Å². The molecule has 6 nitrogen and oxygen atoms in total. The lowest BCUT2D eigenvalue weighted by Crippen LogP contribution is -2.32. The van der Waals surface area contributed by atoms with Gasteiger partial charge in [0.1, 0.15) is 11.3 Å². The number of carbonyl (C=O) groups excluding carboxylic acids is 1. The molecule has 0 aliphatic carbocycles. The summed E-state index contributed by atoms with van der Waals surface area (Å²) < 4.78 is 33.7. The second-order valence-electron chi connectivity index (χ2n) is 9.50. The number of carbonyl (C=O) groups is 1. The van der Waals surface area contributed by atoms with E-state index in [1.807, 2.05) is 67.6 Å². The van der Waals surface area contributed by atoms with Crippen LogP contribution in [0.2, 0.25) is 0 Å². The van der Waals surface area contributed by atoms with Crippen molar-refractivity contribution in [3.05, 3.63) is 77.9 Å². The van der Waals surface area contributed by atoms with Gasteiger partial charge in [0.2, 0.25) is 10.0 Å². The van der Waals surface area contributed by atoms with Crippen molar-refractivity contribution in [3.63, 3.8) is 0 Å². The lowest BCUT2D eigenvalue weighted by atomic mass is 9.98. The fraction of sp³-hybridized carbons (Fsp3) is 0.276. The number of fused-ring (bicyclic) bond motifs is 1. The Morgan fingerprint density at radius 1 is 1.00 bits per heavy atom. The van der Waals surface area contributed by atoms with Crippen molar-refractivity contribution in [3.8, 4) is 22.5 Å². The van der Waals surface area contributed by atoms with Crippen molar-refractivity contribution >= 4 is 32.6 Å². The second kappa shape index (κ2) is 10.2. The highest BCUT2D eigenvalue weighted by Crippen LogP contribution is 2.41. The SMILES string of the molecule is CNC(=O)c1c(-c2ccc(C)cc2)oc2cc(N(CCC(C)C)S(C)(=O)=O)c(-c3ccccc3)cc12. The van der Waals surface area contributed by atoms with Crippen LogP contribution < -0.4 is 9.62 Å². The van der Waals surface area contributed by atoms with Crippen LogP contribution in [0.1, 0.15) is 36.2 Å². The summed E-state index contributed by atoms with van der Waals surface area (Å²) >= 11 is 0. The highest BCUT2D eigenvalue weighted by Gasteiger charge is 2.27. The van der Waals surface area contributed by atoms with Gasteiger partial charge < -0.3 is 9.73 Å². The molecule has 0 radical (unpaired) electrons. The van der Waals surface area contributed by atoms with Crippen LogP contribution in [0.5, 0.6) is 0 Å². The fourth-order valence-corrected chi connectivity index (χ4v) is 5.23. The van der Waals surface area contributed by atoms with Gasteiger partial charge in [-0.25, -0.2) is 8.42 Å². The van der Waals surface area contributed by atoms with Gasteiger partial charge in [-0.1, -0.05) is 74.0 Å². The van der Waals surface area contributed by atoms with E-state index in [2.05, 4.69) is 19.2 Å². The average Bonchev–Trinajstić information content (AvgIpc) is 3.21. The number of nitrogens with one attached hydrogen (secondary N) is 1. The Bertz CT molecular complexity index is 1490. The zero-order valence-corrected chi connectivity index (χ0v) is 22.1. The number of benzene rings is 3. The van der Waals surface area contributed by atoms with E-state index in [-0.39, 0.29) is 5.91 Å². The summed E-state index contributed by atoms with van der Waals surface area (Å²) in [5.41, 5.74) is 4.86. The number of aryl methyl sites for hydroxylation is 1. The summed E-state index contributed by atoms with van der Waals surface area (Å²) in [6.45, 7) is 6.47. The summed E-state index contributed by atoms with van der Waals surface area (Å²) in [6.07, 6.45) is 1.93. The maximum absolute atomic E-state index is 13.1. The first-order chi connectivity index (χ1) is 17.1. The first kappa shape index (κ1) is 25.5. The minimum absolute atomic E-state index is 0.268.